The van der Waals surface area contributed by atoms with Crippen LogP contribution in [0, 0.1) is 0 Å². The van der Waals surface area contributed by atoms with E-state index >= 15 is 0 Å². The molecule has 6 nitrogen and oxygen atoms in total. The van der Waals surface area contributed by atoms with E-state index in [1.165, 1.54) is 11.1 Å². The second kappa shape index (κ2) is 14.7. The summed E-state index contributed by atoms with van der Waals surface area (Å²) in [6.07, 6.45) is 5.43. The van der Waals surface area contributed by atoms with Crippen molar-refractivity contribution in [2.45, 2.75) is 46.1 Å². The first-order valence-electron chi connectivity index (χ1n) is 11.0. The summed E-state index contributed by atoms with van der Waals surface area (Å²) in [7, 11) is 3.91. The van der Waals surface area contributed by atoms with Crippen molar-refractivity contribution in [1.29, 1.82) is 0 Å². The Balaban J connectivity index is 0.000000471. The molecule has 0 heterocycles. The molecular weight excluding hydrogens is 402 g/mol. The summed E-state index contributed by atoms with van der Waals surface area (Å²) in [4.78, 5) is 24.9. The minimum Gasteiger partial charge on any atom is -0.508 e. The zero-order chi connectivity index (χ0) is 23.9. The number of carbonyl (C=O) groups is 2. The van der Waals surface area contributed by atoms with Crippen molar-refractivity contribution in [3.63, 3.8) is 0 Å². The Morgan fingerprint density at radius 3 is 2.34 bits per heavy atom. The van der Waals surface area contributed by atoms with Crippen LogP contribution in [0.15, 0.2) is 60.2 Å². The molecule has 0 saturated heterocycles. The Hall–Kier alpha value is -3.28. The molecule has 0 bridgehead atoms. The van der Waals surface area contributed by atoms with E-state index in [1.807, 2.05) is 50.2 Å². The van der Waals surface area contributed by atoms with Crippen LogP contribution in [0.25, 0.3) is 0 Å². The average Bonchev–Trinajstić information content (AvgIpc) is 2.80. The van der Waals surface area contributed by atoms with Crippen LogP contribution in [0.2, 0.25) is 0 Å². The van der Waals surface area contributed by atoms with Crippen molar-refractivity contribution < 1.29 is 14.7 Å². The van der Waals surface area contributed by atoms with Gasteiger partial charge >= 0.3 is 0 Å². The number of allylic oxidation sites excluding steroid dienone is 2. The quantitative estimate of drug-likeness (QED) is 0.381. The van der Waals surface area contributed by atoms with Gasteiger partial charge in [0.15, 0.2) is 0 Å². The normalized spacial score (nSPS) is 11.6. The van der Waals surface area contributed by atoms with Gasteiger partial charge in [-0.15, -0.1) is 0 Å². The number of hydrogen-bond donors (Lipinski definition) is 3. The van der Waals surface area contributed by atoms with E-state index < -0.39 is 0 Å². The molecule has 32 heavy (non-hydrogen) atoms. The van der Waals surface area contributed by atoms with Gasteiger partial charge in [-0.1, -0.05) is 30.7 Å². The lowest BCUT2D eigenvalue weighted by atomic mass is 10.1. The average molecular weight is 440 g/mol. The van der Waals surface area contributed by atoms with Crippen LogP contribution in [0.3, 0.4) is 0 Å². The van der Waals surface area contributed by atoms with E-state index in [-0.39, 0.29) is 11.9 Å². The van der Waals surface area contributed by atoms with Crippen LogP contribution in [-0.2, 0) is 11.2 Å². The molecule has 0 fully saturated rings. The van der Waals surface area contributed by atoms with Crippen LogP contribution in [0.4, 0.5) is 5.69 Å². The molecule has 0 aliphatic rings. The van der Waals surface area contributed by atoms with E-state index in [9.17, 15) is 9.59 Å². The highest BCUT2D eigenvalue weighted by atomic mass is 16.3. The van der Waals surface area contributed by atoms with E-state index in [0.717, 1.165) is 24.9 Å². The van der Waals surface area contributed by atoms with E-state index in [4.69, 9.17) is 5.11 Å². The van der Waals surface area contributed by atoms with Crippen LogP contribution >= 0.6 is 0 Å². The molecule has 174 valence electrons. The number of anilines is 1. The topological polar surface area (TPSA) is 81.7 Å². The Labute approximate surface area is 192 Å². The highest BCUT2D eigenvalue weighted by molar-refractivity contribution is 5.94. The third-order valence-corrected chi connectivity index (χ3v) is 5.16. The lowest BCUT2D eigenvalue weighted by Crippen LogP contribution is -2.40. The highest BCUT2D eigenvalue weighted by Gasteiger charge is 2.11. The fourth-order valence-electron chi connectivity index (χ4n) is 2.89. The van der Waals surface area contributed by atoms with Gasteiger partial charge in [0.1, 0.15) is 5.75 Å². The minimum atomic E-state index is -0.129. The van der Waals surface area contributed by atoms with Crippen molar-refractivity contribution in [3.05, 3.63) is 71.3 Å². The fraction of sp³-hybridized carbons (Fsp3) is 0.385. The van der Waals surface area contributed by atoms with Crippen LogP contribution in [0.1, 0.15) is 49.5 Å². The van der Waals surface area contributed by atoms with E-state index in [2.05, 4.69) is 30.6 Å². The van der Waals surface area contributed by atoms with Gasteiger partial charge in [0.2, 0.25) is 6.41 Å². The molecule has 0 aromatic heterocycles. The highest BCUT2D eigenvalue weighted by Crippen LogP contribution is 2.12. The van der Waals surface area contributed by atoms with Gasteiger partial charge in [-0.3, -0.25) is 9.59 Å². The minimum absolute atomic E-state index is 0.0626. The number of nitrogens with one attached hydrogen (secondary N) is 2. The zero-order valence-electron chi connectivity index (χ0n) is 19.9. The molecule has 2 aromatic carbocycles. The molecule has 1 atom stereocenters. The van der Waals surface area contributed by atoms with E-state index in [1.54, 1.807) is 24.3 Å². The van der Waals surface area contributed by atoms with Crippen LogP contribution in [0.5, 0.6) is 5.75 Å². The van der Waals surface area contributed by atoms with Crippen LogP contribution in [-0.4, -0.2) is 44.1 Å². The number of rotatable bonds is 10. The maximum absolute atomic E-state index is 12.2. The van der Waals surface area contributed by atoms with Crippen molar-refractivity contribution in [2.24, 2.45) is 0 Å². The summed E-state index contributed by atoms with van der Waals surface area (Å²) in [6, 6.07) is 14.7. The molecule has 3 N–H and O–H groups in total. The number of carbonyl (C=O) groups excluding carboxylic acids is 2. The molecule has 0 aliphatic carbocycles. The first-order valence-corrected chi connectivity index (χ1v) is 11.0. The SMILES string of the molecule is C/C=C(\C)CC[C@@H](CNC(=O)c1ccc(N(C)C)cc1)NC=O.CCc1cccc(O)c1. The predicted molar refractivity (Wildman–Crippen MR) is 132 cm³/mol. The molecule has 2 aromatic rings. The summed E-state index contributed by atoms with van der Waals surface area (Å²) >= 11 is 0. The van der Waals surface area contributed by atoms with Gasteiger partial charge in [-0.2, -0.15) is 0 Å². The predicted octanol–water partition coefficient (Wildman–Crippen LogP) is 4.30. The number of aryl methyl sites for hydroxylation is 1. The lowest BCUT2D eigenvalue weighted by molar-refractivity contribution is -0.110. The van der Waals surface area contributed by atoms with Gasteiger partial charge in [0.05, 0.1) is 0 Å². The smallest absolute Gasteiger partial charge is 0.251 e. The first-order chi connectivity index (χ1) is 15.3. The second-order valence-corrected chi connectivity index (χ2v) is 7.83. The second-order valence-electron chi connectivity index (χ2n) is 7.83. The number of benzene rings is 2. The molecule has 0 aliphatic heterocycles. The number of aromatic hydroxyl groups is 1. The number of phenols is 1. The molecule has 2 amide bonds. The molecule has 2 rings (SSSR count). The van der Waals surface area contributed by atoms with E-state index in [0.29, 0.717) is 24.3 Å². The third-order valence-electron chi connectivity index (χ3n) is 5.16. The molecule has 6 heteroatoms. The van der Waals surface area contributed by atoms with Gasteiger partial charge in [0.25, 0.3) is 5.91 Å². The zero-order valence-corrected chi connectivity index (χ0v) is 19.9. The fourth-order valence-corrected chi connectivity index (χ4v) is 2.89. The lowest BCUT2D eigenvalue weighted by Gasteiger charge is -2.17. The largest absolute Gasteiger partial charge is 0.508 e. The van der Waals surface area contributed by atoms with Gasteiger partial charge in [0, 0.05) is 37.9 Å². The molecule has 0 unspecified atom stereocenters. The maximum Gasteiger partial charge on any atom is 0.251 e. The standard InChI is InChI=1S/C18H27N3O2.C8H10O/c1-5-14(2)6-9-16(20-13-22)12-19-18(23)15-7-10-17(11-8-15)21(3)4;1-2-7-4-3-5-8(9)6-7/h5,7-8,10-11,13,16H,6,9,12H2,1-4H3,(H,19,23)(H,20,22);3-6,9H,2H2,1H3/b14-5+;/t16-;/m0./s1. The summed E-state index contributed by atoms with van der Waals surface area (Å²) in [5.41, 5.74) is 4.11. The number of hydrogen-bond acceptors (Lipinski definition) is 4. The Morgan fingerprint density at radius 2 is 1.84 bits per heavy atom. The van der Waals surface area contributed by atoms with Crippen molar-refractivity contribution in [1.82, 2.24) is 10.6 Å². The Kier molecular flexibility index (Phi) is 12.3. The van der Waals surface area contributed by atoms with Crippen molar-refractivity contribution in [2.75, 3.05) is 25.5 Å². The van der Waals surface area contributed by atoms with Gasteiger partial charge in [-0.25, -0.2) is 0 Å². The summed E-state index contributed by atoms with van der Waals surface area (Å²) in [6.45, 7) is 6.54. The molecular formula is C26H37N3O3. The van der Waals surface area contributed by atoms with Crippen molar-refractivity contribution in [3.8, 4) is 5.75 Å². The van der Waals surface area contributed by atoms with Gasteiger partial charge < -0.3 is 20.6 Å². The molecule has 0 spiro atoms. The summed E-state index contributed by atoms with van der Waals surface area (Å²) in [5.74, 6) is 0.227. The van der Waals surface area contributed by atoms with Crippen molar-refractivity contribution >= 4 is 18.0 Å². The first kappa shape index (κ1) is 26.8. The summed E-state index contributed by atoms with van der Waals surface area (Å²) < 4.78 is 0. The maximum atomic E-state index is 12.2. The molecule has 0 saturated carbocycles. The molecule has 0 radical (unpaired) electrons. The Bertz CT molecular complexity index is 861. The number of nitrogens with zero attached hydrogens (tertiary/aromatic N) is 1. The monoisotopic (exact) mass is 439 g/mol. The number of amides is 2. The number of phenolic OH excluding ortho intramolecular Hbond substituents is 1. The van der Waals surface area contributed by atoms with Gasteiger partial charge in [-0.05, 0) is 75.1 Å². The third kappa shape index (κ3) is 10.2. The summed E-state index contributed by atoms with van der Waals surface area (Å²) in [5, 5.41) is 14.6. The van der Waals surface area contributed by atoms with Crippen LogP contribution < -0.4 is 15.5 Å². The Morgan fingerprint density at radius 1 is 1.16 bits per heavy atom.